The number of para-hydroxylation sites is 1. The van der Waals surface area contributed by atoms with E-state index >= 15 is 0 Å². The molecule has 19 heavy (non-hydrogen) atoms. The summed E-state index contributed by atoms with van der Waals surface area (Å²) in [5.41, 5.74) is 1.75. The first-order valence-electron chi connectivity index (χ1n) is 6.64. The van der Waals surface area contributed by atoms with Crippen LogP contribution in [0.3, 0.4) is 0 Å². The number of alkyl halides is 1. The highest BCUT2D eigenvalue weighted by Crippen LogP contribution is 2.38. The molecule has 104 valence electrons. The van der Waals surface area contributed by atoms with Crippen molar-refractivity contribution < 1.29 is 9.53 Å². The summed E-state index contributed by atoms with van der Waals surface area (Å²) in [7, 11) is 1.70. The third-order valence-electron chi connectivity index (χ3n) is 3.84. The molecule has 0 bridgehead atoms. The Bertz CT molecular complexity index is 450. The maximum atomic E-state index is 12.1. The van der Waals surface area contributed by atoms with Crippen LogP contribution in [0.2, 0.25) is 0 Å². The fourth-order valence-electron chi connectivity index (χ4n) is 2.47. The first kappa shape index (κ1) is 14.5. The van der Waals surface area contributed by atoms with Gasteiger partial charge in [0, 0.05) is 17.6 Å². The van der Waals surface area contributed by atoms with Crippen LogP contribution in [0.5, 0.6) is 0 Å². The van der Waals surface area contributed by atoms with E-state index in [1.165, 1.54) is 0 Å². The molecule has 0 aliphatic heterocycles. The highest BCUT2D eigenvalue weighted by molar-refractivity contribution is 9.09. The molecule has 0 aromatic heterocycles. The van der Waals surface area contributed by atoms with Gasteiger partial charge >= 0.3 is 0 Å². The average Bonchev–Trinajstić information content (AvgIpc) is 2.34. The second-order valence-electron chi connectivity index (χ2n) is 5.17. The van der Waals surface area contributed by atoms with E-state index in [0.717, 1.165) is 30.5 Å². The highest BCUT2D eigenvalue weighted by Gasteiger charge is 2.39. The van der Waals surface area contributed by atoms with E-state index < -0.39 is 0 Å². The van der Waals surface area contributed by atoms with Gasteiger partial charge in [0.1, 0.15) is 0 Å². The molecular weight excluding hydrogens is 306 g/mol. The Kier molecular flexibility index (Phi) is 4.63. The van der Waals surface area contributed by atoms with E-state index in [2.05, 4.69) is 21.2 Å². The number of halogens is 1. The third-order valence-corrected chi connectivity index (χ3v) is 4.34. The fourth-order valence-corrected chi connectivity index (χ4v) is 2.87. The van der Waals surface area contributed by atoms with Gasteiger partial charge in [-0.3, -0.25) is 4.79 Å². The summed E-state index contributed by atoms with van der Waals surface area (Å²) in [6.45, 7) is 2.05. The van der Waals surface area contributed by atoms with Crippen LogP contribution in [0.15, 0.2) is 24.3 Å². The zero-order chi connectivity index (χ0) is 13.9. The van der Waals surface area contributed by atoms with E-state index in [0.29, 0.717) is 6.42 Å². The number of benzene rings is 1. The van der Waals surface area contributed by atoms with Gasteiger partial charge < -0.3 is 10.1 Å². The number of methoxy groups -OCH3 is 1. The Hall–Kier alpha value is -0.870. The number of nitrogens with one attached hydrogen (secondary N) is 1. The number of hydrogen-bond donors (Lipinski definition) is 1. The molecule has 1 fully saturated rings. The smallest absolute Gasteiger partial charge is 0.227 e. The van der Waals surface area contributed by atoms with E-state index in [1.54, 1.807) is 7.11 Å². The van der Waals surface area contributed by atoms with Crippen molar-refractivity contribution in [1.82, 2.24) is 0 Å². The quantitative estimate of drug-likeness (QED) is 0.829. The molecule has 3 nitrogen and oxygen atoms in total. The Morgan fingerprint density at radius 1 is 1.47 bits per heavy atom. The van der Waals surface area contributed by atoms with Crippen molar-refractivity contribution in [3.8, 4) is 0 Å². The van der Waals surface area contributed by atoms with Gasteiger partial charge in [0.2, 0.25) is 5.91 Å². The molecule has 1 aliphatic carbocycles. The fraction of sp³-hybridized carbons (Fsp3) is 0.533. The lowest BCUT2D eigenvalue weighted by Crippen LogP contribution is -2.42. The normalized spacial score (nSPS) is 18.5. The van der Waals surface area contributed by atoms with Crippen LogP contribution in [0.1, 0.15) is 43.0 Å². The number of ether oxygens (including phenoxy) is 1. The highest BCUT2D eigenvalue weighted by atomic mass is 79.9. The van der Waals surface area contributed by atoms with Gasteiger partial charge in [-0.25, -0.2) is 0 Å². The van der Waals surface area contributed by atoms with Gasteiger partial charge in [0.25, 0.3) is 0 Å². The molecule has 2 rings (SSSR count). The van der Waals surface area contributed by atoms with Gasteiger partial charge in [-0.15, -0.1) is 0 Å². The summed E-state index contributed by atoms with van der Waals surface area (Å²) < 4.78 is 5.49. The van der Waals surface area contributed by atoms with Crippen molar-refractivity contribution in [3.63, 3.8) is 0 Å². The number of amides is 1. The van der Waals surface area contributed by atoms with Crippen molar-refractivity contribution in [2.24, 2.45) is 0 Å². The topological polar surface area (TPSA) is 38.3 Å². The van der Waals surface area contributed by atoms with Gasteiger partial charge in [-0.2, -0.15) is 0 Å². The van der Waals surface area contributed by atoms with E-state index in [4.69, 9.17) is 4.74 Å². The summed E-state index contributed by atoms with van der Waals surface area (Å²) in [4.78, 5) is 12.4. The monoisotopic (exact) mass is 325 g/mol. The van der Waals surface area contributed by atoms with Crippen LogP contribution in [0, 0.1) is 0 Å². The maximum absolute atomic E-state index is 12.1. The van der Waals surface area contributed by atoms with E-state index in [1.807, 2.05) is 31.2 Å². The molecule has 1 amide bonds. The number of rotatable bonds is 5. The largest absolute Gasteiger partial charge is 0.378 e. The zero-order valence-electron chi connectivity index (χ0n) is 11.4. The number of carbonyl (C=O) groups excluding carboxylic acids is 1. The summed E-state index contributed by atoms with van der Waals surface area (Å²) in [6.07, 6.45) is 3.55. The first-order chi connectivity index (χ1) is 9.06. The maximum Gasteiger partial charge on any atom is 0.227 e. The Morgan fingerprint density at radius 2 is 2.16 bits per heavy atom. The SMILES string of the molecule is COC1(CC(=O)Nc2ccccc2C(C)Br)CCC1. The van der Waals surface area contributed by atoms with Crippen molar-refractivity contribution in [2.75, 3.05) is 12.4 Å². The number of hydrogen-bond acceptors (Lipinski definition) is 2. The van der Waals surface area contributed by atoms with Crippen molar-refractivity contribution in [1.29, 1.82) is 0 Å². The molecule has 1 aromatic carbocycles. The van der Waals surface area contributed by atoms with Crippen molar-refractivity contribution in [3.05, 3.63) is 29.8 Å². The molecule has 4 heteroatoms. The summed E-state index contributed by atoms with van der Waals surface area (Å²) >= 11 is 3.55. The van der Waals surface area contributed by atoms with Crippen LogP contribution in [0.25, 0.3) is 0 Å². The lowest BCUT2D eigenvalue weighted by Gasteiger charge is -2.39. The predicted molar refractivity (Wildman–Crippen MR) is 80.6 cm³/mol. The van der Waals surface area contributed by atoms with Crippen molar-refractivity contribution >= 4 is 27.5 Å². The summed E-state index contributed by atoms with van der Waals surface area (Å²) in [5, 5.41) is 3.00. The molecule has 1 unspecified atom stereocenters. The van der Waals surface area contributed by atoms with Gasteiger partial charge in [-0.05, 0) is 37.8 Å². The summed E-state index contributed by atoms with van der Waals surface area (Å²) in [5.74, 6) is 0.0298. The van der Waals surface area contributed by atoms with Gasteiger partial charge in [0.05, 0.1) is 12.0 Å². The van der Waals surface area contributed by atoms with E-state index in [9.17, 15) is 4.79 Å². The Balaban J connectivity index is 2.03. The van der Waals surface area contributed by atoms with E-state index in [-0.39, 0.29) is 16.3 Å². The second kappa shape index (κ2) is 6.06. The van der Waals surface area contributed by atoms with Crippen LogP contribution >= 0.6 is 15.9 Å². The third kappa shape index (κ3) is 3.37. The van der Waals surface area contributed by atoms with Gasteiger partial charge in [0.15, 0.2) is 0 Å². The Morgan fingerprint density at radius 3 is 2.68 bits per heavy atom. The minimum atomic E-state index is -0.223. The molecule has 1 saturated carbocycles. The molecule has 0 spiro atoms. The van der Waals surface area contributed by atoms with Crippen LogP contribution < -0.4 is 5.32 Å². The molecule has 1 aliphatic rings. The zero-order valence-corrected chi connectivity index (χ0v) is 13.0. The average molecular weight is 326 g/mol. The molecular formula is C15H20BrNO2. The number of carbonyl (C=O) groups is 1. The lowest BCUT2D eigenvalue weighted by molar-refractivity contribution is -0.129. The molecule has 0 radical (unpaired) electrons. The van der Waals surface area contributed by atoms with Crippen LogP contribution in [0.4, 0.5) is 5.69 Å². The van der Waals surface area contributed by atoms with Crippen molar-refractivity contribution in [2.45, 2.75) is 43.0 Å². The molecule has 0 heterocycles. The summed E-state index contributed by atoms with van der Waals surface area (Å²) in [6, 6.07) is 7.87. The molecule has 1 atom stereocenters. The van der Waals surface area contributed by atoms with Crippen LogP contribution in [-0.4, -0.2) is 18.6 Å². The minimum absolute atomic E-state index is 0.0298. The molecule has 1 N–H and O–H groups in total. The van der Waals surface area contributed by atoms with Crippen LogP contribution in [-0.2, 0) is 9.53 Å². The minimum Gasteiger partial charge on any atom is -0.378 e. The predicted octanol–water partition coefficient (Wildman–Crippen LogP) is 4.04. The first-order valence-corrected chi connectivity index (χ1v) is 7.56. The Labute approximate surface area is 122 Å². The van der Waals surface area contributed by atoms with Gasteiger partial charge in [-0.1, -0.05) is 34.1 Å². The standard InChI is InChI=1S/C15H20BrNO2/c1-11(16)12-6-3-4-7-13(12)17-14(18)10-15(19-2)8-5-9-15/h3-4,6-7,11H,5,8-10H2,1-2H3,(H,17,18). The lowest BCUT2D eigenvalue weighted by atomic mass is 9.77. The number of anilines is 1. The molecule has 1 aromatic rings. The second-order valence-corrected chi connectivity index (χ2v) is 6.54. The molecule has 0 saturated heterocycles.